The summed E-state index contributed by atoms with van der Waals surface area (Å²) in [5, 5.41) is 10.7. The molecular formula is C18H12Cl3NO3. The molecule has 0 saturated carbocycles. The Balaban J connectivity index is 2.20. The van der Waals surface area contributed by atoms with Crippen LogP contribution in [0.2, 0.25) is 15.1 Å². The van der Waals surface area contributed by atoms with Gasteiger partial charge in [0.25, 0.3) is 0 Å². The Morgan fingerprint density at radius 2 is 1.84 bits per heavy atom. The van der Waals surface area contributed by atoms with Gasteiger partial charge in [-0.2, -0.15) is 0 Å². The van der Waals surface area contributed by atoms with Gasteiger partial charge in [-0.3, -0.25) is 9.59 Å². The predicted octanol–water partition coefficient (Wildman–Crippen LogP) is 4.64. The van der Waals surface area contributed by atoms with Crippen molar-refractivity contribution in [1.29, 1.82) is 0 Å². The lowest BCUT2D eigenvalue weighted by atomic mass is 10.0. The summed E-state index contributed by atoms with van der Waals surface area (Å²) >= 11 is 18.2. The zero-order valence-corrected chi connectivity index (χ0v) is 15.1. The molecule has 128 valence electrons. The van der Waals surface area contributed by atoms with Crippen LogP contribution in [-0.2, 0) is 17.8 Å². The Kier molecular flexibility index (Phi) is 5.04. The molecule has 0 saturated heterocycles. The van der Waals surface area contributed by atoms with Crippen molar-refractivity contribution in [2.24, 2.45) is 0 Å². The Morgan fingerprint density at radius 1 is 1.08 bits per heavy atom. The molecule has 0 unspecified atom stereocenters. The molecule has 1 heterocycles. The summed E-state index contributed by atoms with van der Waals surface area (Å²) < 4.78 is 1.52. The minimum absolute atomic E-state index is 0.213. The standard InChI is InChI=1S/C18H12Cl3NO3/c19-12-4-5-15-13(7-12)18(25)11(8-22(15)9-16(23)24)6-10-2-1-3-14(20)17(10)21/h1-5,7-8H,6,9H2,(H,23,24). The van der Waals surface area contributed by atoms with E-state index in [9.17, 15) is 9.59 Å². The van der Waals surface area contributed by atoms with E-state index in [2.05, 4.69) is 0 Å². The normalized spacial score (nSPS) is 11.0. The topological polar surface area (TPSA) is 59.3 Å². The van der Waals surface area contributed by atoms with E-state index < -0.39 is 5.97 Å². The van der Waals surface area contributed by atoms with Crippen LogP contribution in [-0.4, -0.2) is 15.6 Å². The highest BCUT2D eigenvalue weighted by Crippen LogP contribution is 2.27. The van der Waals surface area contributed by atoms with Gasteiger partial charge in [-0.1, -0.05) is 46.9 Å². The zero-order chi connectivity index (χ0) is 18.1. The maximum absolute atomic E-state index is 12.8. The van der Waals surface area contributed by atoms with E-state index in [1.54, 1.807) is 42.6 Å². The van der Waals surface area contributed by atoms with E-state index in [-0.39, 0.29) is 18.4 Å². The number of nitrogens with zero attached hydrogens (tertiary/aromatic N) is 1. The lowest BCUT2D eigenvalue weighted by molar-refractivity contribution is -0.137. The molecule has 0 aliphatic carbocycles. The molecule has 1 aromatic heterocycles. The number of hydrogen-bond donors (Lipinski definition) is 1. The number of aliphatic carboxylic acids is 1. The molecule has 25 heavy (non-hydrogen) atoms. The molecule has 0 bridgehead atoms. The maximum atomic E-state index is 12.8. The highest BCUT2D eigenvalue weighted by atomic mass is 35.5. The fourth-order valence-corrected chi connectivity index (χ4v) is 3.28. The van der Waals surface area contributed by atoms with Crippen LogP contribution in [0.5, 0.6) is 0 Å². The van der Waals surface area contributed by atoms with Crippen molar-refractivity contribution in [3.05, 3.63) is 79.0 Å². The third-order valence-electron chi connectivity index (χ3n) is 3.83. The minimum atomic E-state index is -1.01. The van der Waals surface area contributed by atoms with Gasteiger partial charge in [-0.15, -0.1) is 0 Å². The van der Waals surface area contributed by atoms with Crippen LogP contribution in [0.4, 0.5) is 0 Å². The van der Waals surface area contributed by atoms with Gasteiger partial charge in [0.05, 0.1) is 15.6 Å². The molecule has 0 radical (unpaired) electrons. The summed E-state index contributed by atoms with van der Waals surface area (Å²) in [6.45, 7) is -0.269. The molecule has 0 aliphatic rings. The molecule has 3 rings (SSSR count). The first kappa shape index (κ1) is 17.8. The number of aromatic nitrogens is 1. The van der Waals surface area contributed by atoms with Crippen LogP contribution in [0.25, 0.3) is 10.9 Å². The Hall–Kier alpha value is -2.01. The number of carboxylic acid groups (broad SMARTS) is 1. The number of hydrogen-bond acceptors (Lipinski definition) is 2. The first-order valence-corrected chi connectivity index (χ1v) is 8.46. The van der Waals surface area contributed by atoms with Crippen LogP contribution in [0.1, 0.15) is 11.1 Å². The summed E-state index contributed by atoms with van der Waals surface area (Å²) in [6, 6.07) is 9.98. The van der Waals surface area contributed by atoms with E-state index in [4.69, 9.17) is 39.9 Å². The maximum Gasteiger partial charge on any atom is 0.323 e. The fourth-order valence-electron chi connectivity index (χ4n) is 2.72. The fraction of sp³-hybridized carbons (Fsp3) is 0.111. The SMILES string of the molecule is O=C(O)Cn1cc(Cc2cccc(Cl)c2Cl)c(=O)c2cc(Cl)ccc21. The third-order valence-corrected chi connectivity index (χ3v) is 4.93. The first-order valence-electron chi connectivity index (χ1n) is 7.33. The van der Waals surface area contributed by atoms with Crippen LogP contribution < -0.4 is 5.43 Å². The summed E-state index contributed by atoms with van der Waals surface area (Å²) in [5.41, 5.74) is 1.41. The Bertz CT molecular complexity index is 1040. The van der Waals surface area contributed by atoms with Gasteiger partial charge in [0.2, 0.25) is 0 Å². The van der Waals surface area contributed by atoms with Gasteiger partial charge in [0, 0.05) is 28.6 Å². The van der Waals surface area contributed by atoms with Gasteiger partial charge in [0.15, 0.2) is 5.43 Å². The van der Waals surface area contributed by atoms with Crippen molar-refractivity contribution < 1.29 is 9.90 Å². The number of benzene rings is 2. The van der Waals surface area contributed by atoms with Crippen molar-refractivity contribution in [3.63, 3.8) is 0 Å². The molecule has 0 fully saturated rings. The number of carbonyl (C=O) groups is 1. The van der Waals surface area contributed by atoms with Gasteiger partial charge in [-0.05, 0) is 29.8 Å². The van der Waals surface area contributed by atoms with E-state index in [0.717, 1.165) is 0 Å². The second-order valence-corrected chi connectivity index (χ2v) is 6.78. The molecule has 2 aromatic carbocycles. The van der Waals surface area contributed by atoms with Crippen LogP contribution in [0, 0.1) is 0 Å². The summed E-state index contributed by atoms with van der Waals surface area (Å²) in [7, 11) is 0. The number of fused-ring (bicyclic) bond motifs is 1. The molecule has 1 N–H and O–H groups in total. The Labute approximate surface area is 158 Å². The second kappa shape index (κ2) is 7.08. The van der Waals surface area contributed by atoms with Crippen LogP contribution in [0.3, 0.4) is 0 Å². The number of carboxylic acids is 1. The molecule has 3 aromatic rings. The number of halogens is 3. The lowest BCUT2D eigenvalue weighted by Crippen LogP contribution is -2.18. The molecule has 0 amide bonds. The Morgan fingerprint density at radius 3 is 2.56 bits per heavy atom. The molecule has 0 aliphatic heterocycles. The van der Waals surface area contributed by atoms with E-state index in [1.807, 2.05) is 0 Å². The quantitative estimate of drug-likeness (QED) is 0.699. The summed E-state index contributed by atoms with van der Waals surface area (Å²) in [5.74, 6) is -1.01. The predicted molar refractivity (Wildman–Crippen MR) is 100 cm³/mol. The monoisotopic (exact) mass is 395 g/mol. The van der Waals surface area contributed by atoms with Crippen LogP contribution in [0.15, 0.2) is 47.4 Å². The van der Waals surface area contributed by atoms with E-state index in [1.165, 1.54) is 4.57 Å². The average molecular weight is 397 g/mol. The molecule has 7 heteroatoms. The summed E-state index contributed by atoms with van der Waals surface area (Å²) in [6.07, 6.45) is 1.78. The number of pyridine rings is 1. The molecule has 4 nitrogen and oxygen atoms in total. The van der Waals surface area contributed by atoms with E-state index in [0.29, 0.717) is 37.1 Å². The van der Waals surface area contributed by atoms with Gasteiger partial charge in [0.1, 0.15) is 6.54 Å². The minimum Gasteiger partial charge on any atom is -0.480 e. The molecular weight excluding hydrogens is 385 g/mol. The van der Waals surface area contributed by atoms with Crippen molar-refractivity contribution in [3.8, 4) is 0 Å². The smallest absolute Gasteiger partial charge is 0.323 e. The van der Waals surface area contributed by atoms with Crippen molar-refractivity contribution >= 4 is 51.7 Å². The lowest BCUT2D eigenvalue weighted by Gasteiger charge is -2.13. The van der Waals surface area contributed by atoms with Crippen molar-refractivity contribution in [1.82, 2.24) is 4.57 Å². The highest BCUT2D eigenvalue weighted by molar-refractivity contribution is 6.42. The van der Waals surface area contributed by atoms with Crippen LogP contribution >= 0.6 is 34.8 Å². The zero-order valence-electron chi connectivity index (χ0n) is 12.8. The third kappa shape index (κ3) is 3.66. The average Bonchev–Trinajstić information content (AvgIpc) is 2.55. The van der Waals surface area contributed by atoms with Gasteiger partial charge in [-0.25, -0.2) is 0 Å². The van der Waals surface area contributed by atoms with Crippen molar-refractivity contribution in [2.45, 2.75) is 13.0 Å². The molecule has 0 spiro atoms. The largest absolute Gasteiger partial charge is 0.480 e. The molecule has 0 atom stereocenters. The number of rotatable bonds is 4. The van der Waals surface area contributed by atoms with Gasteiger partial charge >= 0.3 is 5.97 Å². The van der Waals surface area contributed by atoms with E-state index >= 15 is 0 Å². The summed E-state index contributed by atoms with van der Waals surface area (Å²) in [4.78, 5) is 24.0. The van der Waals surface area contributed by atoms with Gasteiger partial charge < -0.3 is 9.67 Å². The first-order chi connectivity index (χ1) is 11.9. The highest BCUT2D eigenvalue weighted by Gasteiger charge is 2.14. The second-order valence-electron chi connectivity index (χ2n) is 5.56. The van der Waals surface area contributed by atoms with Crippen molar-refractivity contribution in [2.75, 3.05) is 0 Å².